The van der Waals surface area contributed by atoms with E-state index < -0.39 is 19.5 Å². The summed E-state index contributed by atoms with van der Waals surface area (Å²) in [5.41, 5.74) is 7.54. The number of hydrogen-bond acceptors (Lipinski definition) is 7. The van der Waals surface area contributed by atoms with Crippen LogP contribution in [0.2, 0.25) is 0 Å². The molecule has 150 valence electrons. The van der Waals surface area contributed by atoms with E-state index in [-0.39, 0.29) is 29.6 Å². The molecule has 0 saturated carbocycles. The molecule has 1 atom stereocenters. The molecule has 2 aromatic rings. The van der Waals surface area contributed by atoms with Crippen molar-refractivity contribution in [2.75, 3.05) is 31.6 Å². The molecule has 8 nitrogen and oxygen atoms in total. The molecule has 2 aromatic carbocycles. The van der Waals surface area contributed by atoms with E-state index in [0.717, 1.165) is 5.56 Å². The topological polar surface area (TPSA) is 117 Å². The molecule has 28 heavy (non-hydrogen) atoms. The Bertz CT molecular complexity index is 864. The molecule has 9 heteroatoms. The van der Waals surface area contributed by atoms with Crippen LogP contribution in [0.15, 0.2) is 42.5 Å². The zero-order valence-electron chi connectivity index (χ0n) is 15.9. The van der Waals surface area contributed by atoms with Gasteiger partial charge in [-0.25, -0.2) is 9.59 Å². The van der Waals surface area contributed by atoms with Crippen LogP contribution in [-0.4, -0.2) is 32.8 Å². The number of nitrogen functional groups attached to an aromatic ring is 1. The number of esters is 2. The summed E-state index contributed by atoms with van der Waals surface area (Å²) in [6.45, 7) is 1.93. The van der Waals surface area contributed by atoms with Crippen molar-refractivity contribution < 1.29 is 28.2 Å². The van der Waals surface area contributed by atoms with Gasteiger partial charge >= 0.3 is 11.9 Å². The maximum absolute atomic E-state index is 13.3. The third-order valence-corrected chi connectivity index (χ3v) is 5.84. The highest BCUT2D eigenvalue weighted by Crippen LogP contribution is 2.50. The lowest BCUT2D eigenvalue weighted by Crippen LogP contribution is -2.10. The van der Waals surface area contributed by atoms with Gasteiger partial charge in [0.25, 0.3) is 7.52 Å². The molecule has 0 amide bonds. The molecule has 0 aliphatic rings. The van der Waals surface area contributed by atoms with Gasteiger partial charge in [0.15, 0.2) is 0 Å². The Morgan fingerprint density at radius 2 is 1.54 bits per heavy atom. The van der Waals surface area contributed by atoms with Gasteiger partial charge in [-0.15, -0.1) is 0 Å². The molecule has 3 N–H and O–H groups in total. The molecular formula is C19H23N2O6P. The molecule has 0 saturated heterocycles. The lowest BCUT2D eigenvalue weighted by Gasteiger charge is -2.21. The van der Waals surface area contributed by atoms with Crippen LogP contribution in [0.4, 0.5) is 11.4 Å². The lowest BCUT2D eigenvalue weighted by molar-refractivity contribution is 0.0599. The third-order valence-electron chi connectivity index (χ3n) is 3.78. The first-order valence-corrected chi connectivity index (χ1v) is 10.3. The standard InChI is InChI=1S/C19H23N2O6P/c1-4-27-28(24,12-13-5-7-16(20)8-6-13)21-17-10-14(18(22)25-2)9-15(11-17)19(23)26-3/h5-11H,4,12,20H2,1-3H3,(H,21,24). The molecule has 0 heterocycles. The number of methoxy groups -OCH3 is 2. The van der Waals surface area contributed by atoms with Crippen molar-refractivity contribution in [2.24, 2.45) is 0 Å². The minimum Gasteiger partial charge on any atom is -0.465 e. The second-order valence-electron chi connectivity index (χ2n) is 5.88. The second kappa shape index (κ2) is 9.39. The van der Waals surface area contributed by atoms with E-state index in [9.17, 15) is 14.2 Å². The quantitative estimate of drug-likeness (QED) is 0.387. The van der Waals surface area contributed by atoms with Gasteiger partial charge in [-0.1, -0.05) is 12.1 Å². The molecule has 0 bridgehead atoms. The van der Waals surface area contributed by atoms with E-state index in [1.807, 2.05) is 0 Å². The molecule has 0 spiro atoms. The van der Waals surface area contributed by atoms with Crippen LogP contribution in [0, 0.1) is 0 Å². The van der Waals surface area contributed by atoms with Gasteiger partial charge in [-0.05, 0) is 42.8 Å². The highest BCUT2D eigenvalue weighted by molar-refractivity contribution is 7.59. The van der Waals surface area contributed by atoms with Crippen molar-refractivity contribution in [2.45, 2.75) is 13.1 Å². The van der Waals surface area contributed by atoms with Gasteiger partial charge in [0.05, 0.1) is 38.1 Å². The number of carbonyl (C=O) groups is 2. The summed E-state index contributed by atoms with van der Waals surface area (Å²) in [6.07, 6.45) is 0.0944. The highest BCUT2D eigenvalue weighted by atomic mass is 31.2. The van der Waals surface area contributed by atoms with Gasteiger partial charge in [0, 0.05) is 11.4 Å². The number of rotatable bonds is 8. The minimum atomic E-state index is -3.39. The van der Waals surface area contributed by atoms with Crippen molar-refractivity contribution in [1.29, 1.82) is 0 Å². The average Bonchev–Trinajstić information content (AvgIpc) is 2.68. The van der Waals surface area contributed by atoms with Gasteiger partial charge in [0.1, 0.15) is 0 Å². The zero-order valence-corrected chi connectivity index (χ0v) is 16.8. The molecule has 0 fully saturated rings. The Morgan fingerprint density at radius 1 is 1.00 bits per heavy atom. The molecule has 0 aliphatic heterocycles. The van der Waals surface area contributed by atoms with E-state index in [1.54, 1.807) is 31.2 Å². The maximum atomic E-state index is 13.3. The second-order valence-corrected chi connectivity index (χ2v) is 8.03. The molecular weight excluding hydrogens is 383 g/mol. The van der Waals surface area contributed by atoms with Crippen molar-refractivity contribution >= 4 is 30.8 Å². The predicted octanol–water partition coefficient (Wildman–Crippen LogP) is 3.68. The van der Waals surface area contributed by atoms with Crippen molar-refractivity contribution in [3.05, 3.63) is 59.2 Å². The summed E-state index contributed by atoms with van der Waals surface area (Å²) in [7, 11) is -0.933. The van der Waals surface area contributed by atoms with E-state index in [0.29, 0.717) is 5.69 Å². The Morgan fingerprint density at radius 3 is 2.00 bits per heavy atom. The normalized spacial score (nSPS) is 12.7. The van der Waals surface area contributed by atoms with Gasteiger partial charge in [-0.3, -0.25) is 4.57 Å². The summed E-state index contributed by atoms with van der Waals surface area (Å²) in [5.74, 6) is -1.28. The number of benzene rings is 2. The van der Waals surface area contributed by atoms with Crippen LogP contribution >= 0.6 is 7.52 Å². The Labute approximate surface area is 163 Å². The minimum absolute atomic E-state index is 0.0944. The Kier molecular flexibility index (Phi) is 7.20. The fraction of sp³-hybridized carbons (Fsp3) is 0.263. The van der Waals surface area contributed by atoms with E-state index in [1.165, 1.54) is 32.4 Å². The number of hydrogen-bond donors (Lipinski definition) is 2. The molecule has 0 aliphatic carbocycles. The van der Waals surface area contributed by atoms with E-state index >= 15 is 0 Å². The van der Waals surface area contributed by atoms with Crippen LogP contribution in [0.25, 0.3) is 0 Å². The summed E-state index contributed by atoms with van der Waals surface area (Å²) in [5, 5.41) is 2.84. The van der Waals surface area contributed by atoms with Crippen molar-refractivity contribution in [1.82, 2.24) is 0 Å². The third kappa shape index (κ3) is 5.58. The summed E-state index contributed by atoms with van der Waals surface area (Å²) in [6, 6.07) is 11.1. The Balaban J connectivity index is 2.39. The van der Waals surface area contributed by atoms with Gasteiger partial charge < -0.3 is 24.8 Å². The van der Waals surface area contributed by atoms with Crippen molar-refractivity contribution in [3.63, 3.8) is 0 Å². The zero-order chi connectivity index (χ0) is 20.7. The number of nitrogens with one attached hydrogen (secondary N) is 1. The van der Waals surface area contributed by atoms with Crippen LogP contribution in [0.3, 0.4) is 0 Å². The van der Waals surface area contributed by atoms with Crippen LogP contribution in [-0.2, 0) is 24.7 Å². The first-order valence-electron chi connectivity index (χ1n) is 8.48. The summed E-state index contributed by atoms with van der Waals surface area (Å²) < 4.78 is 28.3. The fourth-order valence-corrected chi connectivity index (χ4v) is 4.42. The number of ether oxygens (including phenoxy) is 2. The van der Waals surface area contributed by atoms with Gasteiger partial charge in [0.2, 0.25) is 0 Å². The first kappa shape index (κ1) is 21.5. The SMILES string of the molecule is CCOP(=O)(Cc1ccc(N)cc1)Nc1cc(C(=O)OC)cc(C(=O)OC)c1. The molecule has 1 unspecified atom stereocenters. The van der Waals surface area contributed by atoms with Gasteiger partial charge in [-0.2, -0.15) is 0 Å². The molecule has 0 aromatic heterocycles. The molecule has 0 radical (unpaired) electrons. The summed E-state index contributed by atoms with van der Waals surface area (Å²) in [4.78, 5) is 23.9. The van der Waals surface area contributed by atoms with Crippen molar-refractivity contribution in [3.8, 4) is 0 Å². The van der Waals surface area contributed by atoms with Crippen LogP contribution in [0.1, 0.15) is 33.2 Å². The van der Waals surface area contributed by atoms with Crippen LogP contribution in [0.5, 0.6) is 0 Å². The number of nitrogens with two attached hydrogens (primary N) is 1. The lowest BCUT2D eigenvalue weighted by atomic mass is 10.1. The average molecular weight is 406 g/mol. The predicted molar refractivity (Wildman–Crippen MR) is 107 cm³/mol. The fourth-order valence-electron chi connectivity index (χ4n) is 2.55. The smallest absolute Gasteiger partial charge is 0.337 e. The first-order chi connectivity index (χ1) is 13.3. The Hall–Kier alpha value is -2.83. The largest absolute Gasteiger partial charge is 0.465 e. The highest BCUT2D eigenvalue weighted by Gasteiger charge is 2.25. The monoisotopic (exact) mass is 406 g/mol. The summed E-state index contributed by atoms with van der Waals surface area (Å²) >= 11 is 0. The van der Waals surface area contributed by atoms with Crippen LogP contribution < -0.4 is 10.8 Å². The van der Waals surface area contributed by atoms with E-state index in [4.69, 9.17) is 19.7 Å². The number of carbonyl (C=O) groups excluding carboxylic acids is 2. The molecule has 2 rings (SSSR count). The van der Waals surface area contributed by atoms with E-state index in [2.05, 4.69) is 5.09 Å². The number of anilines is 2. The maximum Gasteiger partial charge on any atom is 0.337 e.